The normalized spacial score (nSPS) is 11.2. The molecule has 22 heavy (non-hydrogen) atoms. The van der Waals surface area contributed by atoms with Crippen molar-refractivity contribution in [1.29, 1.82) is 0 Å². The number of sulfonamides is 1. The first-order valence-corrected chi connectivity index (χ1v) is 9.17. The molecule has 0 aliphatic carbocycles. The zero-order valence-corrected chi connectivity index (χ0v) is 13.8. The molecule has 3 N–H and O–H groups in total. The summed E-state index contributed by atoms with van der Waals surface area (Å²) >= 11 is 1.61. The van der Waals surface area contributed by atoms with Gasteiger partial charge in [-0.15, -0.1) is 11.8 Å². The number of nitrogens with one attached hydrogen (secondary N) is 1. The van der Waals surface area contributed by atoms with Crippen LogP contribution in [-0.2, 0) is 10.0 Å². The first-order chi connectivity index (χ1) is 10.3. The van der Waals surface area contributed by atoms with Gasteiger partial charge in [0.1, 0.15) is 0 Å². The van der Waals surface area contributed by atoms with Gasteiger partial charge < -0.3 is 5.32 Å². The van der Waals surface area contributed by atoms with Crippen molar-refractivity contribution in [3.05, 3.63) is 53.6 Å². The van der Waals surface area contributed by atoms with Crippen LogP contribution in [0.1, 0.15) is 15.9 Å². The van der Waals surface area contributed by atoms with Crippen LogP contribution in [0.25, 0.3) is 0 Å². The van der Waals surface area contributed by atoms with E-state index in [2.05, 4.69) is 5.32 Å². The van der Waals surface area contributed by atoms with Gasteiger partial charge in [0.25, 0.3) is 5.91 Å². The summed E-state index contributed by atoms with van der Waals surface area (Å²) in [4.78, 5) is 13.3. The van der Waals surface area contributed by atoms with Crippen LogP contribution in [0.15, 0.2) is 52.3 Å². The lowest BCUT2D eigenvalue weighted by Gasteiger charge is -2.09. The fourth-order valence-corrected chi connectivity index (χ4v) is 2.84. The molecule has 0 aliphatic rings. The average Bonchev–Trinajstić information content (AvgIpc) is 2.47. The first-order valence-electron chi connectivity index (χ1n) is 6.40. The van der Waals surface area contributed by atoms with Crippen LogP contribution in [0.3, 0.4) is 0 Å². The van der Waals surface area contributed by atoms with Crippen molar-refractivity contribution in [3.8, 4) is 0 Å². The molecule has 0 saturated carbocycles. The predicted molar refractivity (Wildman–Crippen MR) is 88.7 cm³/mol. The second-order valence-electron chi connectivity index (χ2n) is 4.70. The van der Waals surface area contributed by atoms with Gasteiger partial charge in [-0.05, 0) is 55.1 Å². The molecule has 0 atom stereocenters. The van der Waals surface area contributed by atoms with Gasteiger partial charge in [-0.3, -0.25) is 4.79 Å². The molecule has 5 nitrogen and oxygen atoms in total. The Balaban J connectivity index is 2.28. The van der Waals surface area contributed by atoms with Crippen LogP contribution >= 0.6 is 11.8 Å². The minimum Gasteiger partial charge on any atom is -0.322 e. The van der Waals surface area contributed by atoms with E-state index in [1.54, 1.807) is 36.9 Å². The average molecular weight is 336 g/mol. The van der Waals surface area contributed by atoms with Crippen LogP contribution < -0.4 is 10.5 Å². The van der Waals surface area contributed by atoms with Crippen molar-refractivity contribution in [2.45, 2.75) is 16.7 Å². The van der Waals surface area contributed by atoms with E-state index in [9.17, 15) is 13.2 Å². The number of amides is 1. The minimum absolute atomic E-state index is 0.0824. The van der Waals surface area contributed by atoms with Crippen molar-refractivity contribution in [3.63, 3.8) is 0 Å². The molecule has 0 aromatic heterocycles. The maximum Gasteiger partial charge on any atom is 0.255 e. The Hall–Kier alpha value is -1.83. The molecule has 0 unspecified atom stereocenters. The molecule has 0 heterocycles. The topological polar surface area (TPSA) is 89.3 Å². The van der Waals surface area contributed by atoms with E-state index in [0.29, 0.717) is 11.3 Å². The number of primary sulfonamides is 1. The van der Waals surface area contributed by atoms with Crippen LogP contribution in [0.4, 0.5) is 5.69 Å². The number of thioether (sulfide) groups is 1. The quantitative estimate of drug-likeness (QED) is 0.840. The van der Waals surface area contributed by atoms with E-state index in [4.69, 9.17) is 5.14 Å². The van der Waals surface area contributed by atoms with E-state index in [1.807, 2.05) is 18.4 Å². The molecule has 7 heteroatoms. The first kappa shape index (κ1) is 16.5. The van der Waals surface area contributed by atoms with Crippen LogP contribution in [0, 0.1) is 6.92 Å². The Labute approximate surface area is 134 Å². The number of hydrogen-bond acceptors (Lipinski definition) is 4. The third-order valence-corrected chi connectivity index (χ3v) is 4.78. The zero-order valence-electron chi connectivity index (χ0n) is 12.2. The van der Waals surface area contributed by atoms with Crippen molar-refractivity contribution in [2.24, 2.45) is 5.14 Å². The number of carbonyl (C=O) groups is 1. The summed E-state index contributed by atoms with van der Waals surface area (Å²) in [6.45, 7) is 1.73. The van der Waals surface area contributed by atoms with E-state index in [-0.39, 0.29) is 16.4 Å². The van der Waals surface area contributed by atoms with Crippen molar-refractivity contribution in [2.75, 3.05) is 11.6 Å². The van der Waals surface area contributed by atoms with E-state index in [0.717, 1.165) is 4.90 Å². The number of nitrogens with two attached hydrogens (primary N) is 1. The summed E-state index contributed by atoms with van der Waals surface area (Å²) in [6.07, 6.45) is 1.97. The van der Waals surface area contributed by atoms with Crippen LogP contribution in [0.2, 0.25) is 0 Å². The summed E-state index contributed by atoms with van der Waals surface area (Å²) in [6, 6.07) is 11.6. The highest BCUT2D eigenvalue weighted by atomic mass is 32.2. The zero-order chi connectivity index (χ0) is 16.3. The van der Waals surface area contributed by atoms with Gasteiger partial charge in [0.05, 0.1) is 4.90 Å². The Bertz CT molecular complexity index is 800. The van der Waals surface area contributed by atoms with Gasteiger partial charge in [-0.25, -0.2) is 13.6 Å². The Kier molecular flexibility index (Phi) is 4.90. The maximum absolute atomic E-state index is 12.3. The monoisotopic (exact) mass is 336 g/mol. The number of anilines is 1. The third-order valence-electron chi connectivity index (χ3n) is 3.13. The standard InChI is InChI=1S/C15H16N2O3S2/c1-10-3-8-13(22(16,19)20)9-14(10)15(18)17-11-4-6-12(21-2)7-5-11/h3-9H,1-2H3,(H,17,18)(H2,16,19,20). The maximum atomic E-state index is 12.3. The van der Waals surface area contributed by atoms with Crippen LogP contribution in [0.5, 0.6) is 0 Å². The van der Waals surface area contributed by atoms with Crippen LogP contribution in [-0.4, -0.2) is 20.6 Å². The van der Waals surface area contributed by atoms with Gasteiger partial charge in [0, 0.05) is 16.1 Å². The highest BCUT2D eigenvalue weighted by Gasteiger charge is 2.15. The molecule has 0 spiro atoms. The third kappa shape index (κ3) is 3.88. The highest BCUT2D eigenvalue weighted by Crippen LogP contribution is 2.19. The molecule has 2 rings (SSSR count). The molecular weight excluding hydrogens is 320 g/mol. The summed E-state index contributed by atoms with van der Waals surface area (Å²) < 4.78 is 22.8. The minimum atomic E-state index is -3.84. The van der Waals surface area contributed by atoms with Crippen molar-refractivity contribution in [1.82, 2.24) is 0 Å². The second-order valence-corrected chi connectivity index (χ2v) is 7.15. The Morgan fingerprint density at radius 2 is 1.77 bits per heavy atom. The largest absolute Gasteiger partial charge is 0.322 e. The lowest BCUT2D eigenvalue weighted by molar-refractivity contribution is 0.102. The fourth-order valence-electron chi connectivity index (χ4n) is 1.90. The number of carbonyl (C=O) groups excluding carboxylic acids is 1. The highest BCUT2D eigenvalue weighted by molar-refractivity contribution is 7.98. The molecule has 1 amide bonds. The molecule has 0 fully saturated rings. The molecule has 0 saturated heterocycles. The van der Waals surface area contributed by atoms with Gasteiger partial charge >= 0.3 is 0 Å². The second kappa shape index (κ2) is 6.51. The van der Waals surface area contributed by atoms with E-state index < -0.39 is 10.0 Å². The lowest BCUT2D eigenvalue weighted by Crippen LogP contribution is -2.17. The van der Waals surface area contributed by atoms with E-state index in [1.165, 1.54) is 12.1 Å². The molecule has 116 valence electrons. The number of rotatable bonds is 4. The Morgan fingerprint density at radius 3 is 2.32 bits per heavy atom. The van der Waals surface area contributed by atoms with Gasteiger partial charge in [0.15, 0.2) is 0 Å². The lowest BCUT2D eigenvalue weighted by atomic mass is 10.1. The summed E-state index contributed by atoms with van der Waals surface area (Å²) in [5, 5.41) is 7.84. The predicted octanol–water partition coefficient (Wildman–Crippen LogP) is 2.62. The number of hydrogen-bond donors (Lipinski definition) is 2. The van der Waals surface area contributed by atoms with Gasteiger partial charge in [0.2, 0.25) is 10.0 Å². The molecule has 2 aromatic rings. The number of benzene rings is 2. The molecule has 0 radical (unpaired) electrons. The molecule has 0 bridgehead atoms. The summed E-state index contributed by atoms with van der Waals surface area (Å²) in [5.74, 6) is -0.375. The number of aryl methyl sites for hydroxylation is 1. The van der Waals surface area contributed by atoms with Gasteiger partial charge in [-0.1, -0.05) is 6.07 Å². The van der Waals surface area contributed by atoms with Crippen molar-refractivity contribution < 1.29 is 13.2 Å². The molecule has 0 aliphatic heterocycles. The fraction of sp³-hybridized carbons (Fsp3) is 0.133. The van der Waals surface area contributed by atoms with Gasteiger partial charge in [-0.2, -0.15) is 0 Å². The summed E-state index contributed by atoms with van der Waals surface area (Å²) in [7, 11) is -3.84. The molecule has 2 aromatic carbocycles. The van der Waals surface area contributed by atoms with Crippen molar-refractivity contribution >= 4 is 33.4 Å². The summed E-state index contributed by atoms with van der Waals surface area (Å²) in [5.41, 5.74) is 1.59. The molecular formula is C15H16N2O3S2. The van der Waals surface area contributed by atoms with E-state index >= 15 is 0 Å². The Morgan fingerprint density at radius 1 is 1.14 bits per heavy atom. The smallest absolute Gasteiger partial charge is 0.255 e. The SMILES string of the molecule is CSc1ccc(NC(=O)c2cc(S(N)(=O)=O)ccc2C)cc1.